The fraction of sp³-hybridized carbons (Fsp3) is 0.125. The summed E-state index contributed by atoms with van der Waals surface area (Å²) in [6.07, 6.45) is 0. The van der Waals surface area contributed by atoms with E-state index in [9.17, 15) is 10.1 Å². The van der Waals surface area contributed by atoms with Crippen LogP contribution >= 0.6 is 11.3 Å². The minimum absolute atomic E-state index is 0.108. The molecule has 14 heavy (non-hydrogen) atoms. The Bertz CT molecular complexity index is 521. The Kier molecular flexibility index (Phi) is 1.85. The average Bonchev–Trinajstić information content (AvgIpc) is 2.43. The summed E-state index contributed by atoms with van der Waals surface area (Å²) in [7, 11) is 0. The van der Waals surface area contributed by atoms with Gasteiger partial charge in [-0.1, -0.05) is 17.4 Å². The van der Waals surface area contributed by atoms with E-state index in [1.54, 1.807) is 19.1 Å². The molecule has 0 bridgehead atoms. The number of benzene rings is 1. The number of hydrogen-bond acceptors (Lipinski definition) is 5. The SMILES string of the molecule is Cc1ccc2nc(N)sc2c1[N+](=O)[O-]. The van der Waals surface area contributed by atoms with Crippen LogP contribution in [-0.2, 0) is 0 Å². The lowest BCUT2D eigenvalue weighted by Crippen LogP contribution is -1.91. The Labute approximate surface area is 83.3 Å². The molecule has 0 unspecified atom stereocenters. The molecule has 0 aliphatic heterocycles. The van der Waals surface area contributed by atoms with E-state index in [-0.39, 0.29) is 5.69 Å². The molecule has 0 saturated carbocycles. The van der Waals surface area contributed by atoms with Crippen LogP contribution in [0.25, 0.3) is 10.2 Å². The summed E-state index contributed by atoms with van der Waals surface area (Å²) in [5, 5.41) is 11.1. The summed E-state index contributed by atoms with van der Waals surface area (Å²) in [6.45, 7) is 1.70. The van der Waals surface area contributed by atoms with Crippen molar-refractivity contribution in [3.05, 3.63) is 27.8 Å². The van der Waals surface area contributed by atoms with Crippen molar-refractivity contribution in [2.24, 2.45) is 0 Å². The predicted octanol–water partition coefficient (Wildman–Crippen LogP) is 2.10. The molecule has 1 aromatic carbocycles. The lowest BCUT2D eigenvalue weighted by Gasteiger charge is -1.95. The van der Waals surface area contributed by atoms with E-state index < -0.39 is 4.92 Å². The number of anilines is 1. The highest BCUT2D eigenvalue weighted by atomic mass is 32.1. The minimum atomic E-state index is -0.394. The van der Waals surface area contributed by atoms with Crippen molar-refractivity contribution in [3.63, 3.8) is 0 Å². The summed E-state index contributed by atoms with van der Waals surface area (Å²) >= 11 is 1.15. The van der Waals surface area contributed by atoms with Crippen LogP contribution in [0.1, 0.15) is 5.56 Å². The summed E-state index contributed by atoms with van der Waals surface area (Å²) < 4.78 is 0.549. The van der Waals surface area contributed by atoms with E-state index in [1.165, 1.54) is 0 Å². The van der Waals surface area contributed by atoms with Crippen molar-refractivity contribution in [3.8, 4) is 0 Å². The predicted molar refractivity (Wildman–Crippen MR) is 55.4 cm³/mol. The fourth-order valence-electron chi connectivity index (χ4n) is 1.32. The number of nitro groups is 1. The van der Waals surface area contributed by atoms with Gasteiger partial charge in [-0.2, -0.15) is 0 Å². The highest BCUT2D eigenvalue weighted by molar-refractivity contribution is 7.22. The van der Waals surface area contributed by atoms with Crippen molar-refractivity contribution in [2.45, 2.75) is 6.92 Å². The smallest absolute Gasteiger partial charge is 0.291 e. The molecule has 6 heteroatoms. The molecule has 2 aromatic rings. The molecule has 0 atom stereocenters. The van der Waals surface area contributed by atoms with Gasteiger partial charge in [0.15, 0.2) is 5.13 Å². The van der Waals surface area contributed by atoms with Gasteiger partial charge in [0.2, 0.25) is 0 Å². The summed E-state index contributed by atoms with van der Waals surface area (Å²) in [4.78, 5) is 14.4. The second-order valence-electron chi connectivity index (χ2n) is 2.89. The number of nitro benzene ring substituents is 1. The van der Waals surface area contributed by atoms with E-state index in [0.29, 0.717) is 20.9 Å². The first kappa shape index (κ1) is 8.89. The van der Waals surface area contributed by atoms with Gasteiger partial charge in [-0.05, 0) is 13.0 Å². The van der Waals surface area contributed by atoms with Gasteiger partial charge in [0.05, 0.1) is 10.4 Å². The third-order valence-electron chi connectivity index (χ3n) is 1.93. The van der Waals surface area contributed by atoms with E-state index >= 15 is 0 Å². The maximum absolute atomic E-state index is 10.8. The topological polar surface area (TPSA) is 82.0 Å². The van der Waals surface area contributed by atoms with Gasteiger partial charge in [0, 0.05) is 5.56 Å². The molecule has 0 radical (unpaired) electrons. The van der Waals surface area contributed by atoms with Crippen molar-refractivity contribution >= 4 is 32.4 Å². The van der Waals surface area contributed by atoms with Gasteiger partial charge in [-0.15, -0.1) is 0 Å². The van der Waals surface area contributed by atoms with E-state index in [2.05, 4.69) is 4.98 Å². The van der Waals surface area contributed by atoms with E-state index in [0.717, 1.165) is 11.3 Å². The molecule has 0 fully saturated rings. The molecule has 0 aliphatic carbocycles. The van der Waals surface area contributed by atoms with Crippen molar-refractivity contribution in [2.75, 3.05) is 5.73 Å². The standard InChI is InChI=1S/C8H7N3O2S/c1-4-2-3-5-7(6(4)11(12)13)14-8(9)10-5/h2-3H,1H3,(H2,9,10). The number of nitrogen functional groups attached to an aromatic ring is 1. The quantitative estimate of drug-likeness (QED) is 0.575. The Balaban J connectivity index is 2.88. The molecule has 5 nitrogen and oxygen atoms in total. The van der Waals surface area contributed by atoms with Crippen LogP contribution in [0.15, 0.2) is 12.1 Å². The van der Waals surface area contributed by atoms with Gasteiger partial charge in [-0.3, -0.25) is 10.1 Å². The number of rotatable bonds is 1. The van der Waals surface area contributed by atoms with Gasteiger partial charge in [0.25, 0.3) is 5.69 Å². The highest BCUT2D eigenvalue weighted by Crippen LogP contribution is 2.34. The van der Waals surface area contributed by atoms with Crippen LogP contribution in [-0.4, -0.2) is 9.91 Å². The second-order valence-corrected chi connectivity index (χ2v) is 3.92. The molecule has 1 aromatic heterocycles. The summed E-state index contributed by atoms with van der Waals surface area (Å²) in [6, 6.07) is 3.42. The number of fused-ring (bicyclic) bond motifs is 1. The Morgan fingerprint density at radius 2 is 2.29 bits per heavy atom. The molecular weight excluding hydrogens is 202 g/mol. The van der Waals surface area contributed by atoms with Gasteiger partial charge >= 0.3 is 0 Å². The number of hydrogen-bond donors (Lipinski definition) is 1. The monoisotopic (exact) mass is 209 g/mol. The molecule has 1 heterocycles. The lowest BCUT2D eigenvalue weighted by molar-refractivity contribution is -0.383. The summed E-state index contributed by atoms with van der Waals surface area (Å²) in [5.41, 5.74) is 6.82. The Morgan fingerprint density at radius 1 is 1.57 bits per heavy atom. The van der Waals surface area contributed by atoms with E-state index in [4.69, 9.17) is 5.73 Å². The zero-order valence-corrected chi connectivity index (χ0v) is 8.17. The normalized spacial score (nSPS) is 10.6. The van der Waals surface area contributed by atoms with Crippen LogP contribution in [0.3, 0.4) is 0 Å². The third kappa shape index (κ3) is 1.20. The number of thiazole rings is 1. The van der Waals surface area contributed by atoms with Crippen LogP contribution in [0.4, 0.5) is 10.8 Å². The average molecular weight is 209 g/mol. The molecule has 2 rings (SSSR count). The molecule has 72 valence electrons. The van der Waals surface area contributed by atoms with Crippen LogP contribution in [0.5, 0.6) is 0 Å². The number of aromatic nitrogens is 1. The minimum Gasteiger partial charge on any atom is -0.375 e. The van der Waals surface area contributed by atoms with Gasteiger partial charge in [-0.25, -0.2) is 4.98 Å². The lowest BCUT2D eigenvalue weighted by atomic mass is 10.2. The first-order valence-corrected chi connectivity index (χ1v) is 4.71. The molecular formula is C8H7N3O2S. The molecule has 2 N–H and O–H groups in total. The first-order valence-electron chi connectivity index (χ1n) is 3.89. The Hall–Kier alpha value is -1.69. The van der Waals surface area contributed by atoms with Crippen molar-refractivity contribution in [1.82, 2.24) is 4.98 Å². The van der Waals surface area contributed by atoms with Crippen LogP contribution < -0.4 is 5.73 Å². The summed E-state index contributed by atoms with van der Waals surface area (Å²) in [5.74, 6) is 0. The molecule has 0 aliphatic rings. The molecule has 0 saturated heterocycles. The van der Waals surface area contributed by atoms with Gasteiger partial charge in [0.1, 0.15) is 4.70 Å². The first-order chi connectivity index (χ1) is 6.59. The number of nitrogens with zero attached hydrogens (tertiary/aromatic N) is 2. The number of nitrogens with two attached hydrogens (primary N) is 1. The second kappa shape index (κ2) is 2.91. The highest BCUT2D eigenvalue weighted by Gasteiger charge is 2.18. The maximum Gasteiger partial charge on any atom is 0.291 e. The van der Waals surface area contributed by atoms with Gasteiger partial charge < -0.3 is 5.73 Å². The Morgan fingerprint density at radius 3 is 2.93 bits per heavy atom. The van der Waals surface area contributed by atoms with Crippen LogP contribution in [0, 0.1) is 17.0 Å². The van der Waals surface area contributed by atoms with Crippen LogP contribution in [0.2, 0.25) is 0 Å². The number of aryl methyl sites for hydroxylation is 1. The zero-order valence-electron chi connectivity index (χ0n) is 7.35. The largest absolute Gasteiger partial charge is 0.375 e. The van der Waals surface area contributed by atoms with Crippen molar-refractivity contribution < 1.29 is 4.92 Å². The molecule has 0 spiro atoms. The van der Waals surface area contributed by atoms with E-state index in [1.807, 2.05) is 0 Å². The van der Waals surface area contributed by atoms with Crippen molar-refractivity contribution in [1.29, 1.82) is 0 Å². The molecule has 0 amide bonds. The zero-order chi connectivity index (χ0) is 10.3. The fourth-order valence-corrected chi connectivity index (χ4v) is 2.22. The maximum atomic E-state index is 10.8. The third-order valence-corrected chi connectivity index (χ3v) is 2.84.